The highest BCUT2D eigenvalue weighted by atomic mass is 19.2. The van der Waals surface area contributed by atoms with E-state index in [4.69, 9.17) is 0 Å². The molecule has 0 fully saturated rings. The first-order chi connectivity index (χ1) is 9.60. The quantitative estimate of drug-likeness (QED) is 0.707. The third-order valence-electron chi connectivity index (χ3n) is 3.94. The van der Waals surface area contributed by atoms with E-state index in [1.54, 1.807) is 24.3 Å². The molecule has 0 amide bonds. The molecule has 6 heteroatoms. The zero-order chi connectivity index (χ0) is 13.9. The first-order valence-electron chi connectivity index (χ1n) is 6.46. The molecule has 2 aliphatic heterocycles. The minimum absolute atomic E-state index is 0.558. The van der Waals surface area contributed by atoms with E-state index in [0.29, 0.717) is 11.4 Å². The standard InChI is InChI=1S/C14H12BF2N3/c1-18-8-2-5-11(18)14-12-6-3-9-19(12)15(16,17)20-10-4-7-13(14)20/h2-10H,1H3. The lowest BCUT2D eigenvalue weighted by Gasteiger charge is -2.30. The maximum Gasteiger partial charge on any atom is 0.737 e. The van der Waals surface area contributed by atoms with Crippen LogP contribution >= 0.6 is 0 Å². The monoisotopic (exact) mass is 271 g/mol. The van der Waals surface area contributed by atoms with Crippen LogP contribution in [0.5, 0.6) is 0 Å². The Morgan fingerprint density at radius 1 is 1.10 bits per heavy atom. The molecule has 0 saturated carbocycles. The normalized spacial score (nSPS) is 19.1. The summed E-state index contributed by atoms with van der Waals surface area (Å²) in [5.74, 6) is 0. The Bertz CT molecular complexity index is 808. The molecule has 2 aromatic rings. The Balaban J connectivity index is 2.10. The molecule has 0 saturated heterocycles. The van der Waals surface area contributed by atoms with Gasteiger partial charge in [-0.3, -0.25) is 0 Å². The Morgan fingerprint density at radius 3 is 2.60 bits per heavy atom. The van der Waals surface area contributed by atoms with Crippen LogP contribution in [0.25, 0.3) is 5.57 Å². The molecular weight excluding hydrogens is 259 g/mol. The van der Waals surface area contributed by atoms with Gasteiger partial charge in [0.1, 0.15) is 6.21 Å². The first-order valence-corrected chi connectivity index (χ1v) is 6.46. The third kappa shape index (κ3) is 1.26. The number of aromatic nitrogens is 2. The fourth-order valence-corrected chi connectivity index (χ4v) is 3.00. The minimum Gasteiger partial charge on any atom is -0.396 e. The van der Waals surface area contributed by atoms with Crippen molar-refractivity contribution in [1.29, 1.82) is 0 Å². The van der Waals surface area contributed by atoms with E-state index in [2.05, 4.69) is 0 Å². The molecule has 4 heterocycles. The van der Waals surface area contributed by atoms with Crippen molar-refractivity contribution >= 4 is 18.8 Å². The van der Waals surface area contributed by atoms with Crippen LogP contribution in [0.3, 0.4) is 0 Å². The lowest BCUT2D eigenvalue weighted by atomic mass is 9.88. The van der Waals surface area contributed by atoms with E-state index in [9.17, 15) is 8.63 Å². The zero-order valence-corrected chi connectivity index (χ0v) is 10.9. The third-order valence-corrected chi connectivity index (χ3v) is 3.94. The van der Waals surface area contributed by atoms with Crippen LogP contribution in [-0.2, 0) is 7.05 Å². The lowest BCUT2D eigenvalue weighted by molar-refractivity contribution is -0.356. The fraction of sp³-hybridized carbons (Fsp3) is 0.0714. The molecule has 0 aliphatic carbocycles. The van der Waals surface area contributed by atoms with E-state index in [0.717, 1.165) is 20.2 Å². The van der Waals surface area contributed by atoms with Crippen molar-refractivity contribution in [3.63, 3.8) is 0 Å². The van der Waals surface area contributed by atoms with Crippen LogP contribution in [0.15, 0.2) is 54.5 Å². The largest absolute Gasteiger partial charge is 0.737 e. The molecule has 4 rings (SSSR count). The highest BCUT2D eigenvalue weighted by Crippen LogP contribution is 2.38. The van der Waals surface area contributed by atoms with Crippen LogP contribution in [0, 0.1) is 0 Å². The Kier molecular flexibility index (Phi) is 2.06. The smallest absolute Gasteiger partial charge is 0.396 e. The van der Waals surface area contributed by atoms with Crippen LogP contribution in [-0.4, -0.2) is 26.7 Å². The van der Waals surface area contributed by atoms with Crippen molar-refractivity contribution in [1.82, 2.24) is 9.05 Å². The average molecular weight is 271 g/mol. The van der Waals surface area contributed by atoms with Gasteiger partial charge < -0.3 is 22.2 Å². The predicted octanol–water partition coefficient (Wildman–Crippen LogP) is 2.48. The molecule has 100 valence electrons. The summed E-state index contributed by atoms with van der Waals surface area (Å²) < 4.78 is 33.2. The SMILES string of the molecule is Cn1cccc1C1=C2C=CC=[N+]2[B-](F)(F)n2cccc21. The number of halogens is 2. The Morgan fingerprint density at radius 2 is 1.85 bits per heavy atom. The van der Waals surface area contributed by atoms with Crippen LogP contribution in [0.4, 0.5) is 8.63 Å². The maximum absolute atomic E-state index is 14.5. The summed E-state index contributed by atoms with van der Waals surface area (Å²) in [4.78, 5) is 0. The predicted molar refractivity (Wildman–Crippen MR) is 74.7 cm³/mol. The summed E-state index contributed by atoms with van der Waals surface area (Å²) >= 11 is 0. The highest BCUT2D eigenvalue weighted by Gasteiger charge is 2.51. The summed E-state index contributed by atoms with van der Waals surface area (Å²) in [5.41, 5.74) is 2.88. The summed E-state index contributed by atoms with van der Waals surface area (Å²) in [6.45, 7) is -3.81. The molecule has 0 N–H and O–H groups in total. The molecule has 0 bridgehead atoms. The van der Waals surface area contributed by atoms with Crippen molar-refractivity contribution in [2.24, 2.45) is 7.05 Å². The zero-order valence-electron chi connectivity index (χ0n) is 10.9. The molecule has 2 aliphatic rings. The topological polar surface area (TPSA) is 12.9 Å². The van der Waals surface area contributed by atoms with Gasteiger partial charge in [-0.25, -0.2) is 0 Å². The van der Waals surface area contributed by atoms with Crippen molar-refractivity contribution < 1.29 is 13.1 Å². The first kappa shape index (κ1) is 11.5. The van der Waals surface area contributed by atoms with Crippen LogP contribution in [0.2, 0.25) is 0 Å². The minimum atomic E-state index is -3.81. The van der Waals surface area contributed by atoms with Crippen molar-refractivity contribution in [3.05, 3.63) is 65.9 Å². The summed E-state index contributed by atoms with van der Waals surface area (Å²) in [6, 6.07) is 7.27. The lowest BCUT2D eigenvalue weighted by Crippen LogP contribution is -2.49. The second-order valence-corrected chi connectivity index (χ2v) is 5.07. The van der Waals surface area contributed by atoms with Crippen molar-refractivity contribution in [3.8, 4) is 0 Å². The second kappa shape index (κ2) is 3.59. The van der Waals surface area contributed by atoms with Crippen molar-refractivity contribution in [2.45, 2.75) is 0 Å². The molecule has 2 aromatic heterocycles. The number of allylic oxidation sites excluding steroid dienone is 2. The number of nitrogens with zero attached hydrogens (tertiary/aromatic N) is 3. The maximum atomic E-state index is 14.5. The molecule has 0 radical (unpaired) electrons. The van der Waals surface area contributed by atoms with Gasteiger partial charge in [0.05, 0.1) is 11.3 Å². The fourth-order valence-electron chi connectivity index (χ4n) is 3.00. The van der Waals surface area contributed by atoms with Gasteiger partial charge in [-0.1, -0.05) is 0 Å². The number of aryl methyl sites for hydroxylation is 1. The van der Waals surface area contributed by atoms with Gasteiger partial charge >= 0.3 is 6.97 Å². The van der Waals surface area contributed by atoms with Gasteiger partial charge in [-0.05, 0) is 30.5 Å². The van der Waals surface area contributed by atoms with Gasteiger partial charge in [0.15, 0.2) is 5.70 Å². The Labute approximate surface area is 114 Å². The summed E-state index contributed by atoms with van der Waals surface area (Å²) in [7, 11) is 1.92. The molecule has 0 aromatic carbocycles. The number of rotatable bonds is 1. The van der Waals surface area contributed by atoms with Gasteiger partial charge in [0.2, 0.25) is 0 Å². The van der Waals surface area contributed by atoms with Crippen LogP contribution in [0.1, 0.15) is 11.4 Å². The average Bonchev–Trinajstić information content (AvgIpc) is 3.11. The second-order valence-electron chi connectivity index (χ2n) is 5.07. The number of hydrogen-bond acceptors (Lipinski definition) is 0. The Hall–Kier alpha value is -2.37. The van der Waals surface area contributed by atoms with E-state index < -0.39 is 6.97 Å². The molecule has 3 nitrogen and oxygen atoms in total. The number of hydrogen-bond donors (Lipinski definition) is 0. The van der Waals surface area contributed by atoms with Crippen LogP contribution < -0.4 is 0 Å². The molecule has 0 unspecified atom stereocenters. The van der Waals surface area contributed by atoms with E-state index in [1.165, 1.54) is 12.4 Å². The summed E-state index contributed by atoms with van der Waals surface area (Å²) in [6.07, 6.45) is 8.22. The van der Waals surface area contributed by atoms with Gasteiger partial charge in [0, 0.05) is 31.1 Å². The van der Waals surface area contributed by atoms with E-state index in [-0.39, 0.29) is 0 Å². The molecule has 0 spiro atoms. The molecular formula is C14H12BF2N3. The van der Waals surface area contributed by atoms with Gasteiger partial charge in [-0.2, -0.15) is 0 Å². The van der Waals surface area contributed by atoms with E-state index >= 15 is 0 Å². The molecule has 0 atom stereocenters. The van der Waals surface area contributed by atoms with Gasteiger partial charge in [-0.15, -0.1) is 0 Å². The highest BCUT2D eigenvalue weighted by molar-refractivity contribution is 6.57. The van der Waals surface area contributed by atoms with Gasteiger partial charge in [0.25, 0.3) is 0 Å². The molecule has 20 heavy (non-hydrogen) atoms. The van der Waals surface area contributed by atoms with Crippen molar-refractivity contribution in [2.75, 3.05) is 0 Å². The summed E-state index contributed by atoms with van der Waals surface area (Å²) in [5, 5.41) is 0. The van der Waals surface area contributed by atoms with E-state index in [1.807, 2.05) is 29.9 Å². The number of fused-ring (bicyclic) bond motifs is 2.